The number of rotatable bonds is 22. The normalized spacial score (nSPS) is 16.1. The molecule has 0 aromatic rings. The highest BCUT2D eigenvalue weighted by molar-refractivity contribution is 6.91. The number of ether oxygens (including phenoxy) is 2. The van der Waals surface area contributed by atoms with Gasteiger partial charge in [-0.3, -0.25) is 0 Å². The average Bonchev–Trinajstić information content (AvgIpc) is 2.79. The largest absolute Gasteiger partial charge is 0.473 e. The number of carbonyl (C=O) groups excluding carboxylic acids is 2. The molecular formula is C36H84O10Si8. The second kappa shape index (κ2) is 19.5. The fourth-order valence-corrected chi connectivity index (χ4v) is 36.4. The molecule has 0 saturated carbocycles. The zero-order valence-corrected chi connectivity index (χ0v) is 47.2. The van der Waals surface area contributed by atoms with Crippen LogP contribution in [0.4, 0.5) is 0 Å². The quantitative estimate of drug-likeness (QED) is 0.0592. The van der Waals surface area contributed by atoms with Crippen molar-refractivity contribution in [3.05, 3.63) is 12.2 Å². The number of esters is 2. The van der Waals surface area contributed by atoms with E-state index in [2.05, 4.69) is 159 Å². The molecule has 10 nitrogen and oxygen atoms in total. The maximum absolute atomic E-state index is 12.9. The zero-order valence-electron chi connectivity index (χ0n) is 39.2. The van der Waals surface area contributed by atoms with Crippen LogP contribution in [0.5, 0.6) is 0 Å². The maximum Gasteiger partial charge on any atom is 0.473 e. The summed E-state index contributed by atoms with van der Waals surface area (Å²) in [6, 6.07) is 0. The Labute approximate surface area is 341 Å². The van der Waals surface area contributed by atoms with Gasteiger partial charge in [0, 0.05) is 23.2 Å². The molecule has 18 heteroatoms. The summed E-state index contributed by atoms with van der Waals surface area (Å²) in [5.41, 5.74) is -0.711. The van der Waals surface area contributed by atoms with Crippen molar-refractivity contribution in [2.45, 2.75) is 183 Å². The number of hydrogen-bond donors (Lipinski definition) is 0. The van der Waals surface area contributed by atoms with Gasteiger partial charge in [-0.25, -0.2) is 9.59 Å². The lowest BCUT2D eigenvalue weighted by molar-refractivity contribution is -0.140. The van der Waals surface area contributed by atoms with Gasteiger partial charge in [0.25, 0.3) is 0 Å². The molecule has 0 bridgehead atoms. The third-order valence-electron chi connectivity index (χ3n) is 7.29. The molecule has 320 valence electrons. The van der Waals surface area contributed by atoms with Crippen molar-refractivity contribution in [2.75, 3.05) is 13.2 Å². The molecule has 0 fully saturated rings. The smallest absolute Gasteiger partial charge is 0.463 e. The molecule has 0 aromatic heterocycles. The van der Waals surface area contributed by atoms with Crippen LogP contribution in [0.3, 0.4) is 0 Å². The highest BCUT2D eigenvalue weighted by atomic mass is 28.5. The van der Waals surface area contributed by atoms with Gasteiger partial charge in [0.2, 0.25) is 0 Å². The van der Waals surface area contributed by atoms with Gasteiger partial charge in [0.1, 0.15) is 0 Å². The lowest BCUT2D eigenvalue weighted by Crippen LogP contribution is -2.65. The first-order chi connectivity index (χ1) is 23.5. The average molecular weight is 902 g/mol. The molecule has 2 unspecified atom stereocenters. The Balaban J connectivity index is 6.13. The molecule has 54 heavy (non-hydrogen) atoms. The van der Waals surface area contributed by atoms with Crippen molar-refractivity contribution in [3.8, 4) is 0 Å². The van der Waals surface area contributed by atoms with E-state index in [1.807, 2.05) is 0 Å². The van der Waals surface area contributed by atoms with E-state index < -0.39 is 79.5 Å². The minimum Gasteiger partial charge on any atom is -0.463 e. The predicted molar refractivity (Wildman–Crippen MR) is 245 cm³/mol. The Morgan fingerprint density at radius 3 is 0.741 bits per heavy atom. The van der Waals surface area contributed by atoms with Crippen LogP contribution in [0.1, 0.15) is 54.4 Å². The van der Waals surface area contributed by atoms with Crippen LogP contribution in [-0.4, -0.2) is 92.7 Å². The molecule has 0 amide bonds. The molecule has 0 N–H and O–H groups in total. The predicted octanol–water partition coefficient (Wildman–Crippen LogP) is 11.2. The Bertz CT molecular complexity index is 1050. The molecule has 0 aromatic carbocycles. The van der Waals surface area contributed by atoms with Crippen molar-refractivity contribution in [1.82, 2.24) is 0 Å². The Morgan fingerprint density at radius 1 is 0.407 bits per heavy atom. The molecule has 0 radical (unpaired) electrons. The van der Waals surface area contributed by atoms with Gasteiger partial charge in [0.15, 0.2) is 49.9 Å². The number of carbonyl (C=O) groups is 2. The first-order valence-corrected chi connectivity index (χ1v) is 43.8. The molecule has 0 rings (SSSR count). The summed E-state index contributed by atoms with van der Waals surface area (Å²) in [6.45, 7) is 52.4. The van der Waals surface area contributed by atoms with Gasteiger partial charge in [-0.2, -0.15) is 0 Å². The topological polar surface area (TPSA) is 108 Å². The molecule has 0 heterocycles. The van der Waals surface area contributed by atoms with E-state index >= 15 is 0 Å². The van der Waals surface area contributed by atoms with Gasteiger partial charge in [-0.15, -0.1) is 0 Å². The summed E-state index contributed by atoms with van der Waals surface area (Å²) < 4.78 is 53.6. The van der Waals surface area contributed by atoms with Crippen LogP contribution in [0.25, 0.3) is 0 Å². The monoisotopic (exact) mass is 900 g/mol. The maximum atomic E-state index is 12.9. The van der Waals surface area contributed by atoms with Crippen LogP contribution in [0, 0.1) is 10.8 Å². The van der Waals surface area contributed by atoms with Crippen LogP contribution >= 0.6 is 0 Å². The fourth-order valence-electron chi connectivity index (χ4n) is 6.18. The van der Waals surface area contributed by atoms with Crippen molar-refractivity contribution in [3.63, 3.8) is 0 Å². The highest BCUT2D eigenvalue weighted by Crippen LogP contribution is 2.48. The molecule has 0 aliphatic heterocycles. The van der Waals surface area contributed by atoms with E-state index in [-0.39, 0.29) is 35.1 Å². The summed E-state index contributed by atoms with van der Waals surface area (Å²) in [5, 5.41) is 0. The summed E-state index contributed by atoms with van der Waals surface area (Å²) in [7, 11) is -19.3. The summed E-state index contributed by atoms with van der Waals surface area (Å²) in [6.07, 6.45) is 3.31. The molecule has 2 atom stereocenters. The van der Waals surface area contributed by atoms with Crippen molar-refractivity contribution >= 4 is 79.5 Å². The number of hydrogen-bond acceptors (Lipinski definition) is 10. The first kappa shape index (κ1) is 54.2. The standard InChI is InChI=1S/C36H84O10Si8/c1-35(2,3)31(53(41-47(7,8)9,42-48(10,11)12)43-49(13,14)15)27-29-39-33(37)25-26-34(38)40-30-28-32(36(4,5)6)54(44-50(16,17)18,45-51(19,20)21)46-52(22,23)24/h25-26,31-32H,27-30H2,1-24H3/b26-25+. The van der Waals surface area contributed by atoms with Crippen molar-refractivity contribution in [1.29, 1.82) is 0 Å². The molecular weight excluding hydrogens is 817 g/mol. The van der Waals surface area contributed by atoms with Crippen molar-refractivity contribution in [2.24, 2.45) is 10.8 Å². The summed E-state index contributed by atoms with van der Waals surface area (Å²) in [5.74, 6) is -1.21. The van der Waals surface area contributed by atoms with Gasteiger partial charge in [-0.05, 0) is 142 Å². The second-order valence-corrected chi connectivity index (χ2v) is 56.6. The lowest BCUT2D eigenvalue weighted by Gasteiger charge is -2.50. The van der Waals surface area contributed by atoms with Crippen LogP contribution in [0.2, 0.25) is 129 Å². The van der Waals surface area contributed by atoms with Crippen molar-refractivity contribution < 1.29 is 43.8 Å². The van der Waals surface area contributed by atoms with Crippen LogP contribution in [-0.2, 0) is 43.8 Å². The van der Waals surface area contributed by atoms with Gasteiger partial charge < -0.3 is 34.2 Å². The van der Waals surface area contributed by atoms with E-state index in [1.54, 1.807) is 0 Å². The molecule has 0 aliphatic rings. The lowest BCUT2D eigenvalue weighted by atomic mass is 9.90. The molecule has 0 saturated heterocycles. The minimum absolute atomic E-state index is 0.108. The van der Waals surface area contributed by atoms with E-state index in [9.17, 15) is 9.59 Å². The van der Waals surface area contributed by atoms with E-state index in [0.29, 0.717) is 12.8 Å². The molecule has 0 spiro atoms. The second-order valence-electron chi connectivity index (χ2n) is 22.6. The zero-order chi connectivity index (χ0) is 43.2. The van der Waals surface area contributed by atoms with Gasteiger partial charge >= 0.3 is 29.5 Å². The fraction of sp³-hybridized carbons (Fsp3) is 0.889. The van der Waals surface area contributed by atoms with E-state index in [1.165, 1.54) is 0 Å². The summed E-state index contributed by atoms with van der Waals surface area (Å²) >= 11 is 0. The minimum atomic E-state index is -3.28. The Morgan fingerprint density at radius 2 is 0.593 bits per heavy atom. The van der Waals surface area contributed by atoms with Gasteiger partial charge in [-0.1, -0.05) is 41.5 Å². The van der Waals surface area contributed by atoms with E-state index in [4.69, 9.17) is 34.2 Å². The SMILES string of the molecule is CC(C)(C)C(CCOC(=O)/C=C/C(=O)OCCC(C(C)(C)C)[Si](O[Si](C)(C)C)(O[Si](C)(C)C)O[Si](C)(C)C)[Si](O[Si](C)(C)C)(O[Si](C)(C)C)O[Si](C)(C)C. The third kappa shape index (κ3) is 22.9. The van der Waals surface area contributed by atoms with Crippen LogP contribution < -0.4 is 0 Å². The third-order valence-corrected chi connectivity index (χ3v) is 32.8. The molecule has 0 aliphatic carbocycles. The first-order valence-electron chi connectivity index (χ1n) is 19.7. The van der Waals surface area contributed by atoms with Gasteiger partial charge in [0.05, 0.1) is 13.2 Å². The van der Waals surface area contributed by atoms with E-state index in [0.717, 1.165) is 12.2 Å². The highest BCUT2D eigenvalue weighted by Gasteiger charge is 2.60. The Kier molecular flexibility index (Phi) is 19.6. The Hall–Kier alpha value is 0.175. The summed E-state index contributed by atoms with van der Waals surface area (Å²) in [4.78, 5) is 25.9. The van der Waals surface area contributed by atoms with Crippen LogP contribution in [0.15, 0.2) is 12.2 Å².